The van der Waals surface area contributed by atoms with Crippen molar-refractivity contribution in [3.05, 3.63) is 35.5 Å². The smallest absolute Gasteiger partial charge is 0.315 e. The zero-order valence-electron chi connectivity index (χ0n) is 12.7. The van der Waals surface area contributed by atoms with Gasteiger partial charge in [0.05, 0.1) is 6.04 Å². The van der Waals surface area contributed by atoms with Crippen LogP contribution < -0.4 is 11.4 Å². The number of aromatic nitrogens is 2. The first-order valence-corrected chi connectivity index (χ1v) is 7.62. The summed E-state index contributed by atoms with van der Waals surface area (Å²) in [7, 11) is 1.83. The van der Waals surface area contributed by atoms with Gasteiger partial charge in [-0.15, -0.1) is 5.10 Å². The van der Waals surface area contributed by atoms with Crippen molar-refractivity contribution < 1.29 is 9.21 Å². The second kappa shape index (κ2) is 6.17. The SMILES string of the molecule is Cn1nc(-c2ccc(C(N)=O)cc2)oc1=NC1CCCCC1. The molecule has 1 aliphatic carbocycles. The lowest BCUT2D eigenvalue weighted by molar-refractivity contribution is 0.100. The highest BCUT2D eigenvalue weighted by Crippen LogP contribution is 2.20. The van der Waals surface area contributed by atoms with Crippen LogP contribution in [0.25, 0.3) is 11.5 Å². The predicted octanol–water partition coefficient (Wildman–Crippen LogP) is 2.01. The summed E-state index contributed by atoms with van der Waals surface area (Å²) >= 11 is 0. The lowest BCUT2D eigenvalue weighted by Crippen LogP contribution is -2.20. The molecule has 0 unspecified atom stereocenters. The van der Waals surface area contributed by atoms with Crippen LogP contribution in [0.15, 0.2) is 33.7 Å². The van der Waals surface area contributed by atoms with Gasteiger partial charge in [-0.3, -0.25) is 4.79 Å². The highest BCUT2D eigenvalue weighted by molar-refractivity contribution is 5.93. The second-order valence-corrected chi connectivity index (χ2v) is 5.68. The molecule has 0 spiro atoms. The molecular weight excluding hydrogens is 280 g/mol. The molecule has 6 heteroatoms. The molecule has 0 saturated heterocycles. The number of hydrogen-bond donors (Lipinski definition) is 1. The van der Waals surface area contributed by atoms with E-state index in [1.807, 2.05) is 7.05 Å². The topological polar surface area (TPSA) is 86.4 Å². The third kappa shape index (κ3) is 3.10. The number of rotatable bonds is 3. The van der Waals surface area contributed by atoms with Gasteiger partial charge >= 0.3 is 5.68 Å². The van der Waals surface area contributed by atoms with Gasteiger partial charge in [0, 0.05) is 18.2 Å². The molecule has 0 aliphatic heterocycles. The summed E-state index contributed by atoms with van der Waals surface area (Å²) in [6.45, 7) is 0. The van der Waals surface area contributed by atoms with Crippen LogP contribution in [0.2, 0.25) is 0 Å². The van der Waals surface area contributed by atoms with Crippen LogP contribution in [-0.4, -0.2) is 21.7 Å². The van der Waals surface area contributed by atoms with Crippen molar-refractivity contribution >= 4 is 5.91 Å². The van der Waals surface area contributed by atoms with Gasteiger partial charge in [0.15, 0.2) is 0 Å². The summed E-state index contributed by atoms with van der Waals surface area (Å²) in [5.74, 6) is 0.0468. The Hall–Kier alpha value is -2.37. The Morgan fingerprint density at radius 3 is 2.59 bits per heavy atom. The number of nitrogens with zero attached hydrogens (tertiary/aromatic N) is 3. The van der Waals surface area contributed by atoms with Gasteiger partial charge in [0.2, 0.25) is 11.8 Å². The van der Waals surface area contributed by atoms with Crippen molar-refractivity contribution in [1.82, 2.24) is 9.78 Å². The average Bonchev–Trinajstić information content (AvgIpc) is 2.89. The highest BCUT2D eigenvalue weighted by Gasteiger charge is 2.14. The Bertz CT molecular complexity index is 721. The van der Waals surface area contributed by atoms with E-state index < -0.39 is 5.91 Å². The molecule has 1 heterocycles. The van der Waals surface area contributed by atoms with E-state index in [-0.39, 0.29) is 0 Å². The standard InChI is InChI=1S/C16H20N4O2/c1-20-16(18-13-5-3-2-4-6-13)22-15(19-20)12-9-7-11(8-10-12)14(17)21/h7-10,13H,2-6H2,1H3,(H2,17,21). The molecule has 2 aromatic rings. The number of aryl methyl sites for hydroxylation is 1. The first kappa shape index (κ1) is 14.6. The molecule has 1 aromatic heterocycles. The monoisotopic (exact) mass is 300 g/mol. The minimum absolute atomic E-state index is 0.331. The van der Waals surface area contributed by atoms with E-state index in [9.17, 15) is 4.79 Å². The van der Waals surface area contributed by atoms with Gasteiger partial charge in [-0.25, -0.2) is 9.67 Å². The van der Waals surface area contributed by atoms with Crippen LogP contribution in [0.5, 0.6) is 0 Å². The number of carbonyl (C=O) groups excluding carboxylic acids is 1. The van der Waals surface area contributed by atoms with Crippen LogP contribution in [0.4, 0.5) is 0 Å². The lowest BCUT2D eigenvalue weighted by Gasteiger charge is -2.16. The highest BCUT2D eigenvalue weighted by atomic mass is 16.4. The fourth-order valence-electron chi connectivity index (χ4n) is 2.72. The van der Waals surface area contributed by atoms with Gasteiger partial charge in [0.25, 0.3) is 0 Å². The molecule has 2 N–H and O–H groups in total. The molecule has 0 radical (unpaired) electrons. The Labute approximate surface area is 128 Å². The maximum Gasteiger partial charge on any atom is 0.315 e. The van der Waals surface area contributed by atoms with E-state index in [1.165, 1.54) is 19.3 Å². The summed E-state index contributed by atoms with van der Waals surface area (Å²) in [5.41, 5.74) is 7.04. The van der Waals surface area contributed by atoms with Gasteiger partial charge in [-0.1, -0.05) is 19.3 Å². The maximum atomic E-state index is 11.1. The van der Waals surface area contributed by atoms with Crippen molar-refractivity contribution in [1.29, 1.82) is 0 Å². The van der Waals surface area contributed by atoms with E-state index in [2.05, 4.69) is 10.1 Å². The predicted molar refractivity (Wildman–Crippen MR) is 81.9 cm³/mol. The quantitative estimate of drug-likeness (QED) is 0.940. The Kier molecular flexibility index (Phi) is 4.09. The molecule has 1 saturated carbocycles. The summed E-state index contributed by atoms with van der Waals surface area (Å²) in [6, 6.07) is 7.21. The van der Waals surface area contributed by atoms with Crippen LogP contribution in [0.1, 0.15) is 42.5 Å². The van der Waals surface area contributed by atoms with Crippen molar-refractivity contribution in [2.45, 2.75) is 38.1 Å². The van der Waals surface area contributed by atoms with Crippen molar-refractivity contribution in [3.63, 3.8) is 0 Å². The lowest BCUT2D eigenvalue weighted by atomic mass is 9.96. The molecule has 1 amide bonds. The number of primary amides is 1. The van der Waals surface area contributed by atoms with Crippen LogP contribution in [0, 0.1) is 0 Å². The van der Waals surface area contributed by atoms with Crippen LogP contribution in [0.3, 0.4) is 0 Å². The largest absolute Gasteiger partial charge is 0.403 e. The molecule has 6 nitrogen and oxygen atoms in total. The van der Waals surface area contributed by atoms with Crippen molar-refractivity contribution in [3.8, 4) is 11.5 Å². The molecule has 116 valence electrons. The normalized spacial score (nSPS) is 16.9. The third-order valence-corrected chi connectivity index (χ3v) is 3.99. The fourth-order valence-corrected chi connectivity index (χ4v) is 2.72. The summed E-state index contributed by atoms with van der Waals surface area (Å²) < 4.78 is 7.43. The molecule has 1 aromatic carbocycles. The van der Waals surface area contributed by atoms with E-state index >= 15 is 0 Å². The Balaban J connectivity index is 1.88. The maximum absolute atomic E-state index is 11.1. The number of amides is 1. The summed E-state index contributed by atoms with van der Waals surface area (Å²) in [4.78, 5) is 15.8. The van der Waals surface area contributed by atoms with E-state index in [0.717, 1.165) is 18.4 Å². The fraction of sp³-hybridized carbons (Fsp3) is 0.438. The number of benzene rings is 1. The minimum Gasteiger partial charge on any atom is -0.403 e. The minimum atomic E-state index is -0.447. The molecule has 0 bridgehead atoms. The zero-order valence-corrected chi connectivity index (χ0v) is 12.7. The van der Waals surface area contributed by atoms with Crippen molar-refractivity contribution in [2.24, 2.45) is 17.8 Å². The van der Waals surface area contributed by atoms with Crippen LogP contribution in [-0.2, 0) is 7.05 Å². The first-order chi connectivity index (χ1) is 10.6. The zero-order chi connectivity index (χ0) is 15.5. The second-order valence-electron chi connectivity index (χ2n) is 5.68. The molecule has 3 rings (SSSR count). The summed E-state index contributed by atoms with van der Waals surface area (Å²) in [5, 5.41) is 4.36. The number of nitrogens with two attached hydrogens (primary N) is 1. The molecular formula is C16H20N4O2. The Morgan fingerprint density at radius 1 is 1.27 bits per heavy atom. The molecule has 1 fully saturated rings. The first-order valence-electron chi connectivity index (χ1n) is 7.62. The molecule has 22 heavy (non-hydrogen) atoms. The van der Waals surface area contributed by atoms with Gasteiger partial charge < -0.3 is 10.2 Å². The number of carbonyl (C=O) groups is 1. The van der Waals surface area contributed by atoms with Gasteiger partial charge in [-0.2, -0.15) is 0 Å². The average molecular weight is 300 g/mol. The van der Waals surface area contributed by atoms with Crippen LogP contribution >= 0.6 is 0 Å². The van der Waals surface area contributed by atoms with E-state index in [0.29, 0.717) is 23.2 Å². The number of hydrogen-bond acceptors (Lipinski definition) is 4. The van der Waals surface area contributed by atoms with Gasteiger partial charge in [-0.05, 0) is 37.1 Å². The van der Waals surface area contributed by atoms with Crippen molar-refractivity contribution in [2.75, 3.05) is 0 Å². The third-order valence-electron chi connectivity index (χ3n) is 3.99. The molecule has 1 aliphatic rings. The molecule has 0 atom stereocenters. The summed E-state index contributed by atoms with van der Waals surface area (Å²) in [6.07, 6.45) is 5.99. The van der Waals surface area contributed by atoms with E-state index in [4.69, 9.17) is 10.2 Å². The Morgan fingerprint density at radius 2 is 1.95 bits per heavy atom. The van der Waals surface area contributed by atoms with Gasteiger partial charge in [0.1, 0.15) is 0 Å². The van der Waals surface area contributed by atoms with E-state index in [1.54, 1.807) is 28.9 Å².